The summed E-state index contributed by atoms with van der Waals surface area (Å²) in [5.74, 6) is -0.0545. The molecule has 2 aromatic heterocycles. The Balaban J connectivity index is 1.61. The van der Waals surface area contributed by atoms with Crippen LogP contribution in [0.4, 0.5) is 5.00 Å². The first-order valence-corrected chi connectivity index (χ1v) is 11.3. The number of thiophene rings is 1. The zero-order valence-electron chi connectivity index (χ0n) is 18.3. The number of esters is 1. The van der Waals surface area contributed by atoms with Gasteiger partial charge < -0.3 is 19.5 Å². The molecule has 2 aromatic carbocycles. The van der Waals surface area contributed by atoms with Gasteiger partial charge in [-0.3, -0.25) is 9.59 Å². The summed E-state index contributed by atoms with van der Waals surface area (Å²) in [6, 6.07) is 12.0. The second-order valence-corrected chi connectivity index (χ2v) is 8.38. The topological polar surface area (TPSA) is 109 Å². The van der Waals surface area contributed by atoms with Crippen LogP contribution in [0.3, 0.4) is 0 Å². The lowest BCUT2D eigenvalue weighted by atomic mass is 10.2. The van der Waals surface area contributed by atoms with E-state index in [-0.39, 0.29) is 24.5 Å². The fourth-order valence-electron chi connectivity index (χ4n) is 3.57. The van der Waals surface area contributed by atoms with Crippen LogP contribution in [0.1, 0.15) is 33.3 Å². The lowest BCUT2D eigenvalue weighted by molar-refractivity contribution is 0.0520. The van der Waals surface area contributed by atoms with E-state index in [1.165, 1.54) is 0 Å². The summed E-state index contributed by atoms with van der Waals surface area (Å²) in [5, 5.41) is 9.51. The Hall–Kier alpha value is -4.18. The zero-order valence-corrected chi connectivity index (χ0v) is 19.1. The molecule has 0 radical (unpaired) electrons. The number of carbonyl (C=O) groups excluding carboxylic acids is 2. The Bertz CT molecular complexity index is 1490. The monoisotopic (exact) mass is 477 g/mol. The maximum absolute atomic E-state index is 13.5. The van der Waals surface area contributed by atoms with Gasteiger partial charge in [0.15, 0.2) is 17.2 Å². The van der Waals surface area contributed by atoms with E-state index in [0.29, 0.717) is 33.1 Å². The molecule has 34 heavy (non-hydrogen) atoms. The minimum absolute atomic E-state index is 0.00291. The molecule has 172 valence electrons. The minimum Gasteiger partial charge on any atom is -0.461 e. The van der Waals surface area contributed by atoms with Crippen molar-refractivity contribution < 1.29 is 23.8 Å². The summed E-state index contributed by atoms with van der Waals surface area (Å²) in [5.41, 5.74) is 1.37. The van der Waals surface area contributed by atoms with Gasteiger partial charge in [-0.05, 0) is 44.2 Å². The highest BCUT2D eigenvalue weighted by molar-refractivity contribution is 7.16. The third-order valence-corrected chi connectivity index (χ3v) is 6.16. The van der Waals surface area contributed by atoms with Crippen LogP contribution in [0.5, 0.6) is 11.5 Å². The predicted molar refractivity (Wildman–Crippen MR) is 126 cm³/mol. The van der Waals surface area contributed by atoms with Crippen LogP contribution in [0, 0.1) is 6.92 Å². The molecule has 4 aromatic rings. The second kappa shape index (κ2) is 8.64. The van der Waals surface area contributed by atoms with E-state index in [4.69, 9.17) is 14.2 Å². The maximum atomic E-state index is 13.5. The normalized spacial score (nSPS) is 12.1. The van der Waals surface area contributed by atoms with Gasteiger partial charge in [0.05, 0.1) is 17.7 Å². The molecular formula is C24H19N3O6S. The van der Waals surface area contributed by atoms with Crippen molar-refractivity contribution in [2.75, 3.05) is 18.7 Å². The fraction of sp³-hybridized carbons (Fsp3) is 0.167. The number of hydrogen-bond donors (Lipinski definition) is 1. The van der Waals surface area contributed by atoms with Crippen molar-refractivity contribution in [1.82, 2.24) is 9.78 Å². The highest BCUT2D eigenvalue weighted by atomic mass is 32.1. The number of carbonyl (C=O) groups is 2. The van der Waals surface area contributed by atoms with E-state index >= 15 is 0 Å². The maximum Gasteiger partial charge on any atom is 0.359 e. The highest BCUT2D eigenvalue weighted by Crippen LogP contribution is 2.34. The van der Waals surface area contributed by atoms with Crippen LogP contribution in [0.2, 0.25) is 0 Å². The number of aryl methyl sites for hydroxylation is 1. The molecule has 1 aliphatic rings. The first-order chi connectivity index (χ1) is 16.5. The molecule has 5 rings (SSSR count). The molecule has 0 unspecified atom stereocenters. The van der Waals surface area contributed by atoms with E-state index in [0.717, 1.165) is 21.6 Å². The van der Waals surface area contributed by atoms with Crippen molar-refractivity contribution in [3.63, 3.8) is 0 Å². The van der Waals surface area contributed by atoms with Crippen molar-refractivity contribution in [3.05, 3.63) is 75.0 Å². The summed E-state index contributed by atoms with van der Waals surface area (Å²) >= 11 is 1.13. The number of aromatic nitrogens is 2. The Kier molecular flexibility index (Phi) is 5.50. The Morgan fingerprint density at radius 3 is 2.68 bits per heavy atom. The van der Waals surface area contributed by atoms with Crippen molar-refractivity contribution in [1.29, 1.82) is 0 Å². The summed E-state index contributed by atoms with van der Waals surface area (Å²) < 4.78 is 16.9. The van der Waals surface area contributed by atoms with Gasteiger partial charge >= 0.3 is 5.97 Å². The quantitative estimate of drug-likeness (QED) is 0.434. The number of anilines is 1. The van der Waals surface area contributed by atoms with E-state index in [2.05, 4.69) is 10.4 Å². The molecule has 3 heterocycles. The number of rotatable bonds is 5. The van der Waals surface area contributed by atoms with Crippen molar-refractivity contribution in [2.24, 2.45) is 0 Å². The van der Waals surface area contributed by atoms with E-state index in [1.54, 1.807) is 42.6 Å². The summed E-state index contributed by atoms with van der Waals surface area (Å²) in [7, 11) is 0. The number of benzene rings is 2. The Morgan fingerprint density at radius 2 is 1.91 bits per heavy atom. The van der Waals surface area contributed by atoms with Gasteiger partial charge in [0, 0.05) is 16.3 Å². The van der Waals surface area contributed by atoms with Gasteiger partial charge in [0.2, 0.25) is 6.79 Å². The summed E-state index contributed by atoms with van der Waals surface area (Å²) in [6.07, 6.45) is 0. The third kappa shape index (κ3) is 3.77. The smallest absolute Gasteiger partial charge is 0.359 e. The lowest BCUT2D eigenvalue weighted by Gasteiger charge is -2.10. The van der Waals surface area contributed by atoms with Crippen LogP contribution in [0.15, 0.2) is 52.6 Å². The minimum atomic E-state index is -0.653. The molecule has 1 aliphatic heterocycles. The number of nitrogens with one attached hydrogen (secondary N) is 1. The number of ether oxygens (including phenoxy) is 3. The van der Waals surface area contributed by atoms with E-state index in [1.807, 2.05) is 19.1 Å². The van der Waals surface area contributed by atoms with Gasteiger partial charge in [-0.2, -0.15) is 9.78 Å². The molecule has 1 amide bonds. The highest BCUT2D eigenvalue weighted by Gasteiger charge is 2.24. The Labute approximate surface area is 197 Å². The molecule has 0 fully saturated rings. The molecule has 0 spiro atoms. The molecule has 0 bridgehead atoms. The SMILES string of the molecule is CCOC(=O)c1nn(-c2ccc(C)cc2)c(=O)c2c(NC(=O)c3ccc4c(c3)OCO4)scc12. The molecule has 1 N–H and O–H groups in total. The van der Waals surface area contributed by atoms with E-state index in [9.17, 15) is 14.4 Å². The third-order valence-electron chi connectivity index (χ3n) is 5.26. The number of amides is 1. The standard InChI is InChI=1S/C24H19N3O6S/c1-3-31-24(30)20-16-11-34-22(25-21(28)14-6-9-17-18(10-14)33-12-32-17)19(16)23(29)27(26-20)15-7-4-13(2)5-8-15/h4-11H,3,12H2,1-2H3,(H,25,28). The molecule has 0 aliphatic carbocycles. The van der Waals surface area contributed by atoms with Crippen molar-refractivity contribution in [2.45, 2.75) is 13.8 Å². The van der Waals surface area contributed by atoms with Crippen molar-refractivity contribution >= 4 is 39.0 Å². The molecule has 0 saturated carbocycles. The van der Waals surface area contributed by atoms with E-state index < -0.39 is 17.4 Å². The molecular weight excluding hydrogens is 458 g/mol. The second-order valence-electron chi connectivity index (χ2n) is 7.50. The number of nitrogens with zero attached hydrogens (tertiary/aromatic N) is 2. The molecule has 0 saturated heterocycles. The predicted octanol–water partition coefficient (Wildman–Crippen LogP) is 3.91. The largest absolute Gasteiger partial charge is 0.461 e. The molecule has 10 heteroatoms. The summed E-state index contributed by atoms with van der Waals surface area (Å²) in [6.45, 7) is 3.87. The lowest BCUT2D eigenvalue weighted by Crippen LogP contribution is -2.25. The van der Waals surface area contributed by atoms with Gasteiger partial charge in [-0.1, -0.05) is 17.7 Å². The first kappa shape index (κ1) is 21.7. The van der Waals surface area contributed by atoms with Gasteiger partial charge in [0.1, 0.15) is 5.00 Å². The average molecular weight is 477 g/mol. The zero-order chi connectivity index (χ0) is 23.8. The number of fused-ring (bicyclic) bond motifs is 2. The Morgan fingerprint density at radius 1 is 1.15 bits per heavy atom. The van der Waals surface area contributed by atoms with Crippen LogP contribution in [-0.2, 0) is 4.74 Å². The van der Waals surface area contributed by atoms with Crippen molar-refractivity contribution in [3.8, 4) is 17.2 Å². The van der Waals surface area contributed by atoms with Crippen LogP contribution < -0.4 is 20.3 Å². The van der Waals surface area contributed by atoms with Crippen LogP contribution in [0.25, 0.3) is 16.5 Å². The van der Waals surface area contributed by atoms with Gasteiger partial charge in [-0.25, -0.2) is 4.79 Å². The summed E-state index contributed by atoms with van der Waals surface area (Å²) in [4.78, 5) is 39.1. The van der Waals surface area contributed by atoms with Crippen LogP contribution >= 0.6 is 11.3 Å². The average Bonchev–Trinajstić information content (AvgIpc) is 3.47. The van der Waals surface area contributed by atoms with Gasteiger partial charge in [0.25, 0.3) is 11.5 Å². The fourth-order valence-corrected chi connectivity index (χ4v) is 4.50. The van der Waals surface area contributed by atoms with Gasteiger partial charge in [-0.15, -0.1) is 11.3 Å². The molecule has 0 atom stereocenters. The number of hydrogen-bond acceptors (Lipinski definition) is 8. The first-order valence-electron chi connectivity index (χ1n) is 10.5. The molecule has 9 nitrogen and oxygen atoms in total. The van der Waals surface area contributed by atoms with Crippen LogP contribution in [-0.4, -0.2) is 35.1 Å².